The van der Waals surface area contributed by atoms with Gasteiger partial charge in [0.1, 0.15) is 0 Å². The van der Waals surface area contributed by atoms with Crippen LogP contribution in [0.4, 0.5) is 0 Å². The molecular weight excluding hydrogens is 280 g/mol. The second kappa shape index (κ2) is 4.10. The van der Waals surface area contributed by atoms with Gasteiger partial charge in [-0.2, -0.15) is 4.37 Å². The van der Waals surface area contributed by atoms with Crippen LogP contribution in [-0.4, -0.2) is 4.37 Å². The maximum atomic E-state index is 6.10. The summed E-state index contributed by atoms with van der Waals surface area (Å²) in [6.07, 6.45) is 0. The summed E-state index contributed by atoms with van der Waals surface area (Å²) in [7, 11) is 0. The Labute approximate surface area is 99.1 Å². The fourth-order valence-corrected chi connectivity index (χ4v) is 3.45. The van der Waals surface area contributed by atoms with Crippen molar-refractivity contribution in [3.05, 3.63) is 37.4 Å². The van der Waals surface area contributed by atoms with Gasteiger partial charge in [0.2, 0.25) is 0 Å². The van der Waals surface area contributed by atoms with E-state index < -0.39 is 0 Å². The van der Waals surface area contributed by atoms with E-state index in [4.69, 9.17) is 5.73 Å². The number of nitrogens with zero attached hydrogens (tertiary/aromatic N) is 1. The first kappa shape index (κ1) is 10.3. The molecule has 14 heavy (non-hydrogen) atoms. The Kier molecular flexibility index (Phi) is 3.02. The van der Waals surface area contributed by atoms with Crippen molar-refractivity contribution in [2.75, 3.05) is 0 Å². The first-order valence-electron chi connectivity index (χ1n) is 4.11. The monoisotopic (exact) mass is 288 g/mol. The Balaban J connectivity index is 2.28. The molecule has 0 bridgehead atoms. The van der Waals surface area contributed by atoms with E-state index in [2.05, 4.69) is 26.4 Å². The normalized spacial score (nSPS) is 13.1. The summed E-state index contributed by atoms with van der Waals surface area (Å²) in [5.41, 5.74) is 7.14. The zero-order valence-corrected chi connectivity index (χ0v) is 10.7. The number of nitrogens with two attached hydrogens (primary N) is 1. The first-order valence-corrected chi connectivity index (χ1v) is 6.49. The third-order valence-electron chi connectivity index (χ3n) is 1.85. The van der Waals surface area contributed by atoms with Crippen molar-refractivity contribution in [1.29, 1.82) is 0 Å². The molecule has 2 aromatic heterocycles. The molecule has 0 aliphatic heterocycles. The molecule has 0 fully saturated rings. The number of thiophene rings is 1. The summed E-state index contributed by atoms with van der Waals surface area (Å²) in [4.78, 5) is 2.29. The van der Waals surface area contributed by atoms with Gasteiger partial charge < -0.3 is 5.73 Å². The highest BCUT2D eigenvalue weighted by Gasteiger charge is 2.13. The maximum absolute atomic E-state index is 6.10. The molecule has 0 aliphatic rings. The number of halogens is 1. The molecule has 2 rings (SSSR count). The van der Waals surface area contributed by atoms with Crippen molar-refractivity contribution in [1.82, 2.24) is 4.37 Å². The first-order chi connectivity index (χ1) is 6.66. The van der Waals surface area contributed by atoms with Crippen molar-refractivity contribution in [3.63, 3.8) is 0 Å². The summed E-state index contributed by atoms with van der Waals surface area (Å²) < 4.78 is 5.34. The van der Waals surface area contributed by atoms with Crippen molar-refractivity contribution in [3.8, 4) is 0 Å². The lowest BCUT2D eigenvalue weighted by molar-refractivity contribution is 0.916. The second-order valence-corrected chi connectivity index (χ2v) is 6.32. The van der Waals surface area contributed by atoms with Gasteiger partial charge in [-0.1, -0.05) is 0 Å². The summed E-state index contributed by atoms with van der Waals surface area (Å²) in [6, 6.07) is 6.09. The van der Waals surface area contributed by atoms with Gasteiger partial charge in [0.25, 0.3) is 0 Å². The minimum atomic E-state index is -0.0301. The molecule has 0 aromatic carbocycles. The number of aryl methyl sites for hydroxylation is 1. The summed E-state index contributed by atoms with van der Waals surface area (Å²) >= 11 is 6.58. The maximum Gasteiger partial charge on any atom is 0.0756 e. The molecule has 2 nitrogen and oxygen atoms in total. The molecule has 74 valence electrons. The van der Waals surface area contributed by atoms with Crippen LogP contribution in [0, 0.1) is 6.92 Å². The quantitative estimate of drug-likeness (QED) is 0.921. The third kappa shape index (κ3) is 2.06. The van der Waals surface area contributed by atoms with E-state index in [1.165, 1.54) is 16.4 Å². The predicted molar refractivity (Wildman–Crippen MR) is 64.9 cm³/mol. The van der Waals surface area contributed by atoms with Crippen LogP contribution in [-0.2, 0) is 0 Å². The van der Waals surface area contributed by atoms with Gasteiger partial charge >= 0.3 is 0 Å². The highest BCUT2D eigenvalue weighted by atomic mass is 79.9. The Morgan fingerprint density at radius 1 is 1.43 bits per heavy atom. The van der Waals surface area contributed by atoms with Crippen molar-refractivity contribution >= 4 is 38.8 Å². The molecule has 0 spiro atoms. The van der Waals surface area contributed by atoms with E-state index in [1.807, 2.05) is 19.1 Å². The van der Waals surface area contributed by atoms with Crippen LogP contribution >= 0.6 is 38.8 Å². The Bertz CT molecular complexity index is 395. The Hall–Kier alpha value is -0.230. The number of hydrogen-bond donors (Lipinski definition) is 1. The van der Waals surface area contributed by atoms with Gasteiger partial charge in [0, 0.05) is 9.75 Å². The summed E-state index contributed by atoms with van der Waals surface area (Å²) in [5.74, 6) is 0. The van der Waals surface area contributed by atoms with Crippen LogP contribution in [0.3, 0.4) is 0 Å². The van der Waals surface area contributed by atoms with Gasteiger partial charge in [-0.25, -0.2) is 0 Å². The van der Waals surface area contributed by atoms with Crippen molar-refractivity contribution < 1.29 is 0 Å². The zero-order valence-electron chi connectivity index (χ0n) is 7.53. The van der Waals surface area contributed by atoms with Gasteiger partial charge in [-0.3, -0.25) is 0 Å². The second-order valence-electron chi connectivity index (χ2n) is 2.99. The van der Waals surface area contributed by atoms with E-state index in [1.54, 1.807) is 11.3 Å². The largest absolute Gasteiger partial charge is 0.319 e. The SMILES string of the molecule is Cc1cc(C(N)c2ccc(Br)s2)sn1. The molecule has 0 aliphatic carbocycles. The van der Waals surface area contributed by atoms with Gasteiger partial charge in [-0.05, 0) is 52.6 Å². The fraction of sp³-hybridized carbons (Fsp3) is 0.222. The van der Waals surface area contributed by atoms with Crippen LogP contribution in [0.5, 0.6) is 0 Å². The smallest absolute Gasteiger partial charge is 0.0756 e. The van der Waals surface area contributed by atoms with Crippen molar-refractivity contribution in [2.24, 2.45) is 5.73 Å². The lowest BCUT2D eigenvalue weighted by Crippen LogP contribution is -2.07. The highest BCUT2D eigenvalue weighted by Crippen LogP contribution is 2.31. The average Bonchev–Trinajstić information content (AvgIpc) is 2.73. The van der Waals surface area contributed by atoms with Crippen LogP contribution in [0.2, 0.25) is 0 Å². The molecule has 2 heterocycles. The van der Waals surface area contributed by atoms with Crippen molar-refractivity contribution in [2.45, 2.75) is 13.0 Å². The molecule has 0 saturated carbocycles. The summed E-state index contributed by atoms with van der Waals surface area (Å²) in [6.45, 7) is 1.98. The number of rotatable bonds is 2. The topological polar surface area (TPSA) is 38.9 Å². The van der Waals surface area contributed by atoms with Crippen LogP contribution < -0.4 is 5.73 Å². The van der Waals surface area contributed by atoms with Crippen LogP contribution in [0.1, 0.15) is 21.5 Å². The third-order valence-corrected chi connectivity index (χ3v) is 4.52. The molecule has 2 aromatic rings. The van der Waals surface area contributed by atoms with Crippen LogP contribution in [0.25, 0.3) is 0 Å². The zero-order chi connectivity index (χ0) is 10.1. The molecular formula is C9H9BrN2S2. The molecule has 2 N–H and O–H groups in total. The number of aromatic nitrogens is 1. The van der Waals surface area contributed by atoms with E-state index in [0.29, 0.717) is 0 Å². The average molecular weight is 289 g/mol. The summed E-state index contributed by atoms with van der Waals surface area (Å²) in [5, 5.41) is 0. The lowest BCUT2D eigenvalue weighted by Gasteiger charge is -2.04. The standard InChI is InChI=1S/C9H9BrN2S2/c1-5-4-7(14-12-5)9(11)6-2-3-8(10)13-6/h2-4,9H,11H2,1H3. The molecule has 1 atom stereocenters. The highest BCUT2D eigenvalue weighted by molar-refractivity contribution is 9.11. The minimum Gasteiger partial charge on any atom is -0.319 e. The minimum absolute atomic E-state index is 0.0301. The molecule has 0 amide bonds. The Morgan fingerprint density at radius 3 is 2.71 bits per heavy atom. The van der Waals surface area contributed by atoms with Gasteiger partial charge in [-0.15, -0.1) is 11.3 Å². The molecule has 1 unspecified atom stereocenters. The van der Waals surface area contributed by atoms with Gasteiger partial charge in [0.05, 0.1) is 15.5 Å². The fourth-order valence-electron chi connectivity index (χ4n) is 1.17. The van der Waals surface area contributed by atoms with E-state index >= 15 is 0 Å². The molecule has 0 radical (unpaired) electrons. The van der Waals surface area contributed by atoms with Gasteiger partial charge in [0.15, 0.2) is 0 Å². The number of hydrogen-bond acceptors (Lipinski definition) is 4. The Morgan fingerprint density at radius 2 is 2.21 bits per heavy atom. The lowest BCUT2D eigenvalue weighted by atomic mass is 10.2. The van der Waals surface area contributed by atoms with E-state index in [0.717, 1.165) is 14.4 Å². The predicted octanol–water partition coefficient (Wildman–Crippen LogP) is 3.32. The van der Waals surface area contributed by atoms with E-state index in [9.17, 15) is 0 Å². The van der Waals surface area contributed by atoms with E-state index in [-0.39, 0.29) is 6.04 Å². The van der Waals surface area contributed by atoms with Crippen LogP contribution in [0.15, 0.2) is 22.0 Å². The molecule has 0 saturated heterocycles. The molecule has 5 heteroatoms.